The third-order valence-corrected chi connectivity index (χ3v) is 4.03. The molecule has 3 aromatic rings. The summed E-state index contributed by atoms with van der Waals surface area (Å²) in [5.74, 6) is 1.24. The molecule has 0 aliphatic heterocycles. The molecule has 7 nitrogen and oxygen atoms in total. The first-order valence-corrected chi connectivity index (χ1v) is 8.42. The topological polar surface area (TPSA) is 77.5 Å². The summed E-state index contributed by atoms with van der Waals surface area (Å²) in [6.45, 7) is 1.23. The lowest BCUT2D eigenvalue weighted by molar-refractivity contribution is 0.204. The van der Waals surface area contributed by atoms with Gasteiger partial charge in [-0.15, -0.1) is 0 Å². The number of benzene rings is 2. The molecular weight excluding hydrogens is 352 g/mol. The van der Waals surface area contributed by atoms with Gasteiger partial charge in [0.15, 0.2) is 16.6 Å². The van der Waals surface area contributed by atoms with Gasteiger partial charge in [0.25, 0.3) is 0 Å². The average Bonchev–Trinajstić information content (AvgIpc) is 2.65. The number of fused-ring (bicyclic) bond motifs is 2. The van der Waals surface area contributed by atoms with Crippen LogP contribution in [0.1, 0.15) is 0 Å². The molecule has 0 atom stereocenters. The summed E-state index contributed by atoms with van der Waals surface area (Å²) >= 11 is 5.27. The van der Waals surface area contributed by atoms with E-state index in [1.807, 2.05) is 30.3 Å². The number of aromatic nitrogens is 2. The van der Waals surface area contributed by atoms with Crippen LogP contribution in [-0.2, 0) is 4.74 Å². The van der Waals surface area contributed by atoms with Gasteiger partial charge < -0.3 is 24.8 Å². The lowest BCUT2D eigenvalue weighted by Gasteiger charge is -2.11. The standard InChI is InChI=1S/C18H20N4O3S/c1-23-7-6-19-18(26)20-11-4-5-12-13(8-11)22-15-10-17(25-3)16(24-2)9-14(15)21-12/h4-5,8-10H,6-7H2,1-3H3,(H2,19,20,26). The third-order valence-electron chi connectivity index (χ3n) is 3.79. The van der Waals surface area contributed by atoms with Crippen molar-refractivity contribution in [1.29, 1.82) is 0 Å². The van der Waals surface area contributed by atoms with Crippen LogP contribution in [0.15, 0.2) is 30.3 Å². The third kappa shape index (κ3) is 3.92. The number of nitrogens with one attached hydrogen (secondary N) is 2. The maximum absolute atomic E-state index is 5.34. The SMILES string of the molecule is COCCNC(=S)Nc1ccc2nc3cc(OC)c(OC)cc3nc2c1. The fourth-order valence-electron chi connectivity index (χ4n) is 2.52. The Morgan fingerprint density at radius 3 is 2.15 bits per heavy atom. The Morgan fingerprint density at radius 2 is 1.54 bits per heavy atom. The van der Waals surface area contributed by atoms with Crippen LogP contribution in [0.25, 0.3) is 22.1 Å². The fourth-order valence-corrected chi connectivity index (χ4v) is 2.74. The molecule has 0 aliphatic rings. The minimum Gasteiger partial charge on any atom is -0.493 e. The van der Waals surface area contributed by atoms with E-state index in [9.17, 15) is 0 Å². The van der Waals surface area contributed by atoms with Gasteiger partial charge in [-0.1, -0.05) is 0 Å². The maximum Gasteiger partial charge on any atom is 0.170 e. The van der Waals surface area contributed by atoms with E-state index in [-0.39, 0.29) is 0 Å². The monoisotopic (exact) mass is 372 g/mol. The molecule has 1 aromatic heterocycles. The first kappa shape index (κ1) is 18.1. The number of hydrogen-bond acceptors (Lipinski definition) is 6. The molecule has 0 saturated carbocycles. The van der Waals surface area contributed by atoms with Crippen molar-refractivity contribution in [1.82, 2.24) is 15.3 Å². The summed E-state index contributed by atoms with van der Waals surface area (Å²) < 4.78 is 15.7. The van der Waals surface area contributed by atoms with E-state index in [0.717, 1.165) is 27.8 Å². The van der Waals surface area contributed by atoms with Gasteiger partial charge in [-0.3, -0.25) is 0 Å². The Hall–Kier alpha value is -2.71. The molecule has 136 valence electrons. The number of nitrogens with zero attached hydrogens (tertiary/aromatic N) is 2. The Bertz CT molecular complexity index is 949. The predicted octanol–water partition coefficient (Wildman–Crippen LogP) is 2.73. The van der Waals surface area contributed by atoms with Crippen LogP contribution in [0, 0.1) is 0 Å². The number of thiocarbonyl (C=S) groups is 1. The van der Waals surface area contributed by atoms with E-state index in [0.29, 0.717) is 29.8 Å². The first-order valence-electron chi connectivity index (χ1n) is 8.02. The normalized spacial score (nSPS) is 10.7. The molecule has 0 spiro atoms. The highest BCUT2D eigenvalue weighted by molar-refractivity contribution is 7.80. The molecule has 26 heavy (non-hydrogen) atoms. The largest absolute Gasteiger partial charge is 0.493 e. The maximum atomic E-state index is 5.34. The van der Waals surface area contributed by atoms with Gasteiger partial charge in [0.1, 0.15) is 0 Å². The number of hydrogen-bond donors (Lipinski definition) is 2. The average molecular weight is 372 g/mol. The molecule has 8 heteroatoms. The van der Waals surface area contributed by atoms with E-state index in [1.54, 1.807) is 21.3 Å². The summed E-state index contributed by atoms with van der Waals surface area (Å²) in [4.78, 5) is 9.34. The zero-order valence-electron chi connectivity index (χ0n) is 14.8. The van der Waals surface area contributed by atoms with Gasteiger partial charge in [0, 0.05) is 31.5 Å². The van der Waals surface area contributed by atoms with Crippen LogP contribution in [0.5, 0.6) is 11.5 Å². The Morgan fingerprint density at radius 1 is 0.923 bits per heavy atom. The summed E-state index contributed by atoms with van der Waals surface area (Å²) in [5, 5.41) is 6.73. The van der Waals surface area contributed by atoms with Crippen LogP contribution in [-0.4, -0.2) is 49.6 Å². The summed E-state index contributed by atoms with van der Waals surface area (Å²) in [7, 11) is 4.84. The van der Waals surface area contributed by atoms with Crippen molar-refractivity contribution < 1.29 is 14.2 Å². The molecule has 0 unspecified atom stereocenters. The molecule has 2 aromatic carbocycles. The van der Waals surface area contributed by atoms with Crippen LogP contribution >= 0.6 is 12.2 Å². The Balaban J connectivity index is 1.91. The van der Waals surface area contributed by atoms with Crippen molar-refractivity contribution in [3.8, 4) is 11.5 Å². The highest BCUT2D eigenvalue weighted by atomic mass is 32.1. The number of methoxy groups -OCH3 is 3. The zero-order chi connectivity index (χ0) is 18.5. The van der Waals surface area contributed by atoms with Crippen molar-refractivity contribution in [2.75, 3.05) is 39.8 Å². The van der Waals surface area contributed by atoms with Gasteiger partial charge in [0.05, 0.1) is 42.9 Å². The highest BCUT2D eigenvalue weighted by Gasteiger charge is 2.10. The van der Waals surface area contributed by atoms with Crippen LogP contribution < -0.4 is 20.1 Å². The lowest BCUT2D eigenvalue weighted by atomic mass is 10.2. The van der Waals surface area contributed by atoms with Crippen molar-refractivity contribution in [3.05, 3.63) is 30.3 Å². The van der Waals surface area contributed by atoms with Crippen LogP contribution in [0.2, 0.25) is 0 Å². The van der Waals surface area contributed by atoms with E-state index >= 15 is 0 Å². The van der Waals surface area contributed by atoms with Crippen molar-refractivity contribution in [2.24, 2.45) is 0 Å². The summed E-state index contributed by atoms with van der Waals surface area (Å²) in [6, 6.07) is 9.36. The molecular formula is C18H20N4O3S. The minimum absolute atomic E-state index is 0.529. The van der Waals surface area contributed by atoms with Gasteiger partial charge in [-0.25, -0.2) is 9.97 Å². The number of rotatable bonds is 6. The molecule has 3 rings (SSSR count). The van der Waals surface area contributed by atoms with Crippen LogP contribution in [0.4, 0.5) is 5.69 Å². The predicted molar refractivity (Wildman–Crippen MR) is 106 cm³/mol. The lowest BCUT2D eigenvalue weighted by Crippen LogP contribution is -2.31. The van der Waals surface area contributed by atoms with Crippen molar-refractivity contribution in [2.45, 2.75) is 0 Å². The van der Waals surface area contributed by atoms with Gasteiger partial charge >= 0.3 is 0 Å². The number of ether oxygens (including phenoxy) is 3. The molecule has 0 fully saturated rings. The summed E-state index contributed by atoms with van der Waals surface area (Å²) in [5.41, 5.74) is 3.85. The second-order valence-electron chi connectivity index (χ2n) is 5.50. The van der Waals surface area contributed by atoms with Gasteiger partial charge in [-0.2, -0.15) is 0 Å². The van der Waals surface area contributed by atoms with E-state index < -0.39 is 0 Å². The van der Waals surface area contributed by atoms with Crippen molar-refractivity contribution in [3.63, 3.8) is 0 Å². The quantitative estimate of drug-likeness (QED) is 0.389. The number of anilines is 1. The zero-order valence-corrected chi connectivity index (χ0v) is 15.6. The van der Waals surface area contributed by atoms with E-state index in [1.165, 1.54) is 0 Å². The second kappa shape index (κ2) is 8.11. The smallest absolute Gasteiger partial charge is 0.170 e. The highest BCUT2D eigenvalue weighted by Crippen LogP contribution is 2.31. The molecule has 0 aliphatic carbocycles. The molecule has 0 bridgehead atoms. The van der Waals surface area contributed by atoms with Crippen molar-refractivity contribution >= 4 is 45.1 Å². The van der Waals surface area contributed by atoms with E-state index in [2.05, 4.69) is 20.6 Å². The second-order valence-corrected chi connectivity index (χ2v) is 5.90. The van der Waals surface area contributed by atoms with E-state index in [4.69, 9.17) is 26.4 Å². The first-order chi connectivity index (χ1) is 12.6. The molecule has 2 N–H and O–H groups in total. The molecule has 0 amide bonds. The molecule has 1 heterocycles. The molecule has 0 saturated heterocycles. The van der Waals surface area contributed by atoms with Gasteiger partial charge in [-0.05, 0) is 30.4 Å². The summed E-state index contributed by atoms with van der Waals surface area (Å²) in [6.07, 6.45) is 0. The Kier molecular flexibility index (Phi) is 5.65. The fraction of sp³-hybridized carbons (Fsp3) is 0.278. The Labute approximate surface area is 156 Å². The van der Waals surface area contributed by atoms with Crippen LogP contribution in [0.3, 0.4) is 0 Å². The molecule has 0 radical (unpaired) electrons. The van der Waals surface area contributed by atoms with Gasteiger partial charge in [0.2, 0.25) is 0 Å². The minimum atomic E-state index is 0.529.